The van der Waals surface area contributed by atoms with E-state index in [0.29, 0.717) is 10.5 Å². The number of halogens is 2. The molecule has 0 N–H and O–H groups in total. The minimum absolute atomic E-state index is 0.207. The first-order valence-electron chi connectivity index (χ1n) is 6.39. The molecule has 0 spiro atoms. The summed E-state index contributed by atoms with van der Waals surface area (Å²) in [6.07, 6.45) is 1.35. The highest BCUT2D eigenvalue weighted by Gasteiger charge is 2.25. The summed E-state index contributed by atoms with van der Waals surface area (Å²) >= 11 is 3.24. The highest BCUT2D eigenvalue weighted by molar-refractivity contribution is 9.10. The Hall–Kier alpha value is -0.450. The molecule has 1 fully saturated rings. The molecule has 2 unspecified atom stereocenters. The number of hydrogen-bond acceptors (Lipinski definition) is 2. The zero-order valence-corrected chi connectivity index (χ0v) is 12.4. The normalized spacial score (nSPS) is 25.3. The fourth-order valence-corrected chi connectivity index (χ4v) is 2.78. The molecule has 0 bridgehead atoms. The molecule has 18 heavy (non-hydrogen) atoms. The number of rotatable bonds is 3. The van der Waals surface area contributed by atoms with Crippen molar-refractivity contribution in [2.24, 2.45) is 0 Å². The molecule has 0 aromatic heterocycles. The van der Waals surface area contributed by atoms with Gasteiger partial charge >= 0.3 is 0 Å². The molecule has 1 saturated heterocycles. The van der Waals surface area contributed by atoms with Crippen molar-refractivity contribution < 1.29 is 9.13 Å². The number of morpholine rings is 1. The lowest BCUT2D eigenvalue weighted by Crippen LogP contribution is -2.47. The molecule has 2 rings (SSSR count). The summed E-state index contributed by atoms with van der Waals surface area (Å²) in [5.74, 6) is -0.207. The van der Waals surface area contributed by atoms with Gasteiger partial charge in [-0.2, -0.15) is 0 Å². The van der Waals surface area contributed by atoms with E-state index in [4.69, 9.17) is 4.74 Å². The Bertz CT molecular complexity index is 413. The average Bonchev–Trinajstić information content (AvgIpc) is 2.34. The summed E-state index contributed by atoms with van der Waals surface area (Å²) in [6, 6.07) is 5.70. The lowest BCUT2D eigenvalue weighted by Gasteiger charge is -2.38. The lowest BCUT2D eigenvalue weighted by molar-refractivity contribution is -0.0592. The van der Waals surface area contributed by atoms with Gasteiger partial charge in [-0.05, 0) is 47.0 Å². The van der Waals surface area contributed by atoms with E-state index < -0.39 is 0 Å². The zero-order chi connectivity index (χ0) is 13.1. The van der Waals surface area contributed by atoms with Crippen LogP contribution in [0.25, 0.3) is 0 Å². The molecule has 100 valence electrons. The first-order chi connectivity index (χ1) is 8.60. The van der Waals surface area contributed by atoms with Gasteiger partial charge in [-0.3, -0.25) is 4.90 Å². The van der Waals surface area contributed by atoms with E-state index in [1.54, 1.807) is 0 Å². The molecule has 1 aliphatic rings. The van der Waals surface area contributed by atoms with Crippen LogP contribution in [0, 0.1) is 5.82 Å². The Morgan fingerprint density at radius 1 is 1.50 bits per heavy atom. The molecule has 2 atom stereocenters. The lowest BCUT2D eigenvalue weighted by atomic mass is 10.1. The second kappa shape index (κ2) is 6.13. The molecule has 0 aliphatic carbocycles. The maximum Gasteiger partial charge on any atom is 0.137 e. The Labute approximate surface area is 116 Å². The van der Waals surface area contributed by atoms with Crippen LogP contribution in [-0.2, 0) is 11.3 Å². The second-order valence-electron chi connectivity index (χ2n) is 4.88. The maximum absolute atomic E-state index is 13.2. The van der Waals surface area contributed by atoms with E-state index >= 15 is 0 Å². The third-order valence-corrected chi connectivity index (χ3v) is 4.03. The summed E-state index contributed by atoms with van der Waals surface area (Å²) in [6.45, 7) is 6.86. The predicted octanol–water partition coefficient (Wildman–Crippen LogP) is 3.59. The van der Waals surface area contributed by atoms with Gasteiger partial charge in [0.25, 0.3) is 0 Å². The van der Waals surface area contributed by atoms with Gasteiger partial charge in [0.1, 0.15) is 5.82 Å². The summed E-state index contributed by atoms with van der Waals surface area (Å²) in [4.78, 5) is 2.42. The van der Waals surface area contributed by atoms with E-state index in [9.17, 15) is 4.39 Å². The van der Waals surface area contributed by atoms with Gasteiger partial charge in [0, 0.05) is 19.1 Å². The minimum atomic E-state index is -0.207. The molecular formula is C14H19BrFNO. The standard InChI is InChI=1S/C14H19BrFNO/c1-3-12-9-18-10(2)7-17(12)8-11-4-5-14(16)13(15)6-11/h4-6,10,12H,3,7-9H2,1-2H3. The van der Waals surface area contributed by atoms with Gasteiger partial charge in [0.05, 0.1) is 17.2 Å². The van der Waals surface area contributed by atoms with Gasteiger partial charge in [-0.15, -0.1) is 0 Å². The van der Waals surface area contributed by atoms with Crippen molar-refractivity contribution in [2.75, 3.05) is 13.2 Å². The van der Waals surface area contributed by atoms with Crippen molar-refractivity contribution >= 4 is 15.9 Å². The van der Waals surface area contributed by atoms with Crippen LogP contribution in [0.5, 0.6) is 0 Å². The van der Waals surface area contributed by atoms with Gasteiger partial charge in [0.15, 0.2) is 0 Å². The van der Waals surface area contributed by atoms with E-state index in [0.717, 1.165) is 31.7 Å². The Balaban J connectivity index is 2.08. The van der Waals surface area contributed by atoms with Crippen molar-refractivity contribution in [3.05, 3.63) is 34.1 Å². The molecule has 0 saturated carbocycles. The molecule has 1 aromatic rings. The maximum atomic E-state index is 13.2. The average molecular weight is 316 g/mol. The van der Waals surface area contributed by atoms with Gasteiger partial charge in [-0.1, -0.05) is 13.0 Å². The van der Waals surface area contributed by atoms with E-state index in [-0.39, 0.29) is 11.9 Å². The van der Waals surface area contributed by atoms with Crippen LogP contribution >= 0.6 is 15.9 Å². The summed E-state index contributed by atoms with van der Waals surface area (Å²) in [5.41, 5.74) is 1.14. The smallest absolute Gasteiger partial charge is 0.137 e. The fourth-order valence-electron chi connectivity index (χ4n) is 2.35. The molecular weight excluding hydrogens is 297 g/mol. The third kappa shape index (κ3) is 3.31. The molecule has 2 nitrogen and oxygen atoms in total. The second-order valence-corrected chi connectivity index (χ2v) is 5.74. The van der Waals surface area contributed by atoms with Gasteiger partial charge in [0.2, 0.25) is 0 Å². The van der Waals surface area contributed by atoms with Crippen molar-refractivity contribution in [1.82, 2.24) is 4.90 Å². The topological polar surface area (TPSA) is 12.5 Å². The van der Waals surface area contributed by atoms with Crippen molar-refractivity contribution in [1.29, 1.82) is 0 Å². The van der Waals surface area contributed by atoms with E-state index in [2.05, 4.69) is 34.7 Å². The zero-order valence-electron chi connectivity index (χ0n) is 10.8. The predicted molar refractivity (Wildman–Crippen MR) is 74.0 cm³/mol. The van der Waals surface area contributed by atoms with Crippen molar-refractivity contribution in [2.45, 2.75) is 39.0 Å². The van der Waals surface area contributed by atoms with Crippen molar-refractivity contribution in [3.63, 3.8) is 0 Å². The number of hydrogen-bond donors (Lipinski definition) is 0. The van der Waals surface area contributed by atoms with Crippen molar-refractivity contribution in [3.8, 4) is 0 Å². The number of nitrogens with zero attached hydrogens (tertiary/aromatic N) is 1. The van der Waals surface area contributed by atoms with Crippen LogP contribution in [0.2, 0.25) is 0 Å². The largest absolute Gasteiger partial charge is 0.376 e. The summed E-state index contributed by atoms with van der Waals surface area (Å²) in [5, 5.41) is 0. The van der Waals surface area contributed by atoms with E-state index in [1.807, 2.05) is 12.1 Å². The Kier molecular flexibility index (Phi) is 4.76. The monoisotopic (exact) mass is 315 g/mol. The molecule has 4 heteroatoms. The molecule has 1 aliphatic heterocycles. The highest BCUT2D eigenvalue weighted by atomic mass is 79.9. The highest BCUT2D eigenvalue weighted by Crippen LogP contribution is 2.21. The first kappa shape index (κ1) is 14.0. The molecule has 0 radical (unpaired) electrons. The molecule has 0 amide bonds. The first-order valence-corrected chi connectivity index (χ1v) is 7.19. The third-order valence-electron chi connectivity index (χ3n) is 3.42. The fraction of sp³-hybridized carbons (Fsp3) is 0.571. The molecule has 1 heterocycles. The van der Waals surface area contributed by atoms with Crippen LogP contribution in [-0.4, -0.2) is 30.2 Å². The SMILES string of the molecule is CCC1COC(C)CN1Cc1ccc(F)c(Br)c1. The van der Waals surface area contributed by atoms with Crippen LogP contribution in [0.4, 0.5) is 4.39 Å². The van der Waals surface area contributed by atoms with Crippen LogP contribution < -0.4 is 0 Å². The van der Waals surface area contributed by atoms with Crippen LogP contribution in [0.3, 0.4) is 0 Å². The van der Waals surface area contributed by atoms with Crippen LogP contribution in [0.1, 0.15) is 25.8 Å². The number of benzene rings is 1. The van der Waals surface area contributed by atoms with Gasteiger partial charge in [-0.25, -0.2) is 4.39 Å². The van der Waals surface area contributed by atoms with Crippen LogP contribution in [0.15, 0.2) is 22.7 Å². The summed E-state index contributed by atoms with van der Waals surface area (Å²) in [7, 11) is 0. The van der Waals surface area contributed by atoms with E-state index in [1.165, 1.54) is 6.07 Å². The Morgan fingerprint density at radius 2 is 2.28 bits per heavy atom. The minimum Gasteiger partial charge on any atom is -0.376 e. The molecule has 1 aromatic carbocycles. The quantitative estimate of drug-likeness (QED) is 0.845. The Morgan fingerprint density at radius 3 is 2.94 bits per heavy atom. The van der Waals surface area contributed by atoms with Gasteiger partial charge < -0.3 is 4.74 Å². The number of ether oxygens (including phenoxy) is 1. The summed E-state index contributed by atoms with van der Waals surface area (Å²) < 4.78 is 19.4.